The van der Waals surface area contributed by atoms with Gasteiger partial charge in [0.05, 0.1) is 12.2 Å². The van der Waals surface area contributed by atoms with Crippen LogP contribution in [0.25, 0.3) is 0 Å². The van der Waals surface area contributed by atoms with Gasteiger partial charge in [0.15, 0.2) is 0 Å². The maximum atomic E-state index is 12.3. The first-order valence-electron chi connectivity index (χ1n) is 6.82. The Morgan fingerprint density at radius 3 is 2.65 bits per heavy atom. The minimum absolute atomic E-state index is 0.0632. The molecule has 1 aliphatic carbocycles. The van der Waals surface area contributed by atoms with Crippen molar-refractivity contribution in [3.05, 3.63) is 0 Å². The van der Waals surface area contributed by atoms with Gasteiger partial charge in [-0.15, -0.1) is 0 Å². The quantitative estimate of drug-likeness (QED) is 0.837. The molecule has 0 aromatic heterocycles. The summed E-state index contributed by atoms with van der Waals surface area (Å²) >= 11 is 1.95. The van der Waals surface area contributed by atoms with Crippen LogP contribution in [0.4, 0.5) is 0 Å². The summed E-state index contributed by atoms with van der Waals surface area (Å²) < 4.78 is 0. The van der Waals surface area contributed by atoms with Crippen LogP contribution in [0, 0.1) is 0 Å². The topological polar surface area (TPSA) is 32.3 Å². The molecule has 0 radical (unpaired) electrons. The van der Waals surface area contributed by atoms with Crippen molar-refractivity contribution < 1.29 is 4.79 Å². The molecule has 2 fully saturated rings. The van der Waals surface area contributed by atoms with Crippen LogP contribution in [0.15, 0.2) is 0 Å². The Hall–Kier alpha value is -0.220. The second-order valence-corrected chi connectivity index (χ2v) is 6.26. The SMILES string of the molecule is CCC1NC(CC)N(C2CCC(SC)C2)C1=O. The van der Waals surface area contributed by atoms with E-state index in [2.05, 4.69) is 30.3 Å². The van der Waals surface area contributed by atoms with Gasteiger partial charge in [-0.3, -0.25) is 10.1 Å². The number of rotatable bonds is 4. The maximum Gasteiger partial charge on any atom is 0.241 e. The molecule has 0 bridgehead atoms. The van der Waals surface area contributed by atoms with E-state index >= 15 is 0 Å². The molecule has 1 saturated heterocycles. The zero-order valence-electron chi connectivity index (χ0n) is 11.1. The molecule has 17 heavy (non-hydrogen) atoms. The lowest BCUT2D eigenvalue weighted by Gasteiger charge is -2.29. The molecule has 0 aromatic carbocycles. The van der Waals surface area contributed by atoms with Crippen LogP contribution in [-0.2, 0) is 4.79 Å². The number of nitrogens with one attached hydrogen (secondary N) is 1. The summed E-state index contributed by atoms with van der Waals surface area (Å²) in [6.07, 6.45) is 8.02. The normalized spacial score (nSPS) is 38.1. The van der Waals surface area contributed by atoms with Crippen molar-refractivity contribution in [1.29, 1.82) is 0 Å². The first-order valence-corrected chi connectivity index (χ1v) is 8.11. The van der Waals surface area contributed by atoms with Gasteiger partial charge in [-0.05, 0) is 38.4 Å². The van der Waals surface area contributed by atoms with Crippen LogP contribution >= 0.6 is 11.8 Å². The highest BCUT2D eigenvalue weighted by molar-refractivity contribution is 7.99. The van der Waals surface area contributed by atoms with Crippen LogP contribution in [-0.4, -0.2) is 40.6 Å². The van der Waals surface area contributed by atoms with Gasteiger partial charge in [0.2, 0.25) is 5.91 Å². The van der Waals surface area contributed by atoms with Crippen LogP contribution in [0.5, 0.6) is 0 Å². The van der Waals surface area contributed by atoms with Gasteiger partial charge in [0.25, 0.3) is 0 Å². The average Bonchev–Trinajstić information content (AvgIpc) is 2.92. The van der Waals surface area contributed by atoms with Crippen LogP contribution < -0.4 is 5.32 Å². The summed E-state index contributed by atoms with van der Waals surface area (Å²) in [5, 5.41) is 4.23. The Kier molecular flexibility index (Phi) is 4.36. The molecule has 1 N–H and O–H groups in total. The first-order chi connectivity index (χ1) is 8.21. The molecule has 0 spiro atoms. The molecule has 3 nitrogen and oxygen atoms in total. The number of amides is 1. The van der Waals surface area contributed by atoms with Crippen molar-refractivity contribution in [2.24, 2.45) is 0 Å². The van der Waals surface area contributed by atoms with Crippen molar-refractivity contribution in [1.82, 2.24) is 10.2 Å². The molecule has 4 heteroatoms. The third kappa shape index (κ3) is 2.48. The summed E-state index contributed by atoms with van der Waals surface area (Å²) in [5.41, 5.74) is 0. The summed E-state index contributed by atoms with van der Waals surface area (Å²) in [4.78, 5) is 14.5. The summed E-state index contributed by atoms with van der Waals surface area (Å²) in [5.74, 6) is 0.339. The molecule has 1 amide bonds. The van der Waals surface area contributed by atoms with Crippen molar-refractivity contribution in [2.75, 3.05) is 6.26 Å². The number of nitrogens with zero attached hydrogens (tertiary/aromatic N) is 1. The smallest absolute Gasteiger partial charge is 0.241 e. The fourth-order valence-electron chi connectivity index (χ4n) is 3.14. The van der Waals surface area contributed by atoms with E-state index < -0.39 is 0 Å². The van der Waals surface area contributed by atoms with E-state index in [0.29, 0.717) is 11.9 Å². The lowest BCUT2D eigenvalue weighted by molar-refractivity contribution is -0.132. The molecule has 2 aliphatic rings. The van der Waals surface area contributed by atoms with E-state index in [9.17, 15) is 4.79 Å². The Labute approximate surface area is 109 Å². The molecule has 1 saturated carbocycles. The highest BCUT2D eigenvalue weighted by atomic mass is 32.2. The van der Waals surface area contributed by atoms with Gasteiger partial charge < -0.3 is 4.90 Å². The highest BCUT2D eigenvalue weighted by Gasteiger charge is 2.42. The van der Waals surface area contributed by atoms with Crippen LogP contribution in [0.2, 0.25) is 0 Å². The van der Waals surface area contributed by atoms with E-state index in [1.807, 2.05) is 11.8 Å². The number of hydrogen-bond acceptors (Lipinski definition) is 3. The van der Waals surface area contributed by atoms with Crippen LogP contribution in [0.1, 0.15) is 46.0 Å². The van der Waals surface area contributed by atoms with Gasteiger partial charge in [0.1, 0.15) is 0 Å². The van der Waals surface area contributed by atoms with E-state index in [1.54, 1.807) is 0 Å². The third-order valence-corrected chi connectivity index (χ3v) is 5.26. The van der Waals surface area contributed by atoms with Crippen molar-refractivity contribution in [3.8, 4) is 0 Å². The zero-order chi connectivity index (χ0) is 12.4. The summed E-state index contributed by atoms with van der Waals surface area (Å²) in [6, 6.07) is 0.544. The second-order valence-electron chi connectivity index (χ2n) is 5.12. The molecule has 1 aliphatic heterocycles. The number of carbonyl (C=O) groups is 1. The standard InChI is InChI=1S/C13H24N2OS/c1-4-11-13(16)15(12(5-2)14-11)9-6-7-10(8-9)17-3/h9-12,14H,4-8H2,1-3H3. The largest absolute Gasteiger partial charge is 0.323 e. The molecule has 98 valence electrons. The number of hydrogen-bond donors (Lipinski definition) is 1. The second kappa shape index (κ2) is 5.61. The van der Waals surface area contributed by atoms with Gasteiger partial charge in [-0.1, -0.05) is 13.8 Å². The third-order valence-electron chi connectivity index (χ3n) is 4.16. The van der Waals surface area contributed by atoms with E-state index in [-0.39, 0.29) is 12.2 Å². The van der Waals surface area contributed by atoms with E-state index in [0.717, 1.165) is 18.1 Å². The van der Waals surface area contributed by atoms with Crippen molar-refractivity contribution >= 4 is 17.7 Å². The molecule has 4 unspecified atom stereocenters. The fourth-order valence-corrected chi connectivity index (χ4v) is 3.93. The average molecular weight is 256 g/mol. The molecule has 1 heterocycles. The zero-order valence-corrected chi connectivity index (χ0v) is 11.9. The van der Waals surface area contributed by atoms with Gasteiger partial charge in [-0.25, -0.2) is 0 Å². The maximum absolute atomic E-state index is 12.3. The Morgan fingerprint density at radius 1 is 1.35 bits per heavy atom. The molecule has 0 aromatic rings. The monoisotopic (exact) mass is 256 g/mol. The predicted molar refractivity (Wildman–Crippen MR) is 73.1 cm³/mol. The first kappa shape index (κ1) is 13.2. The lowest BCUT2D eigenvalue weighted by Crippen LogP contribution is -2.43. The summed E-state index contributed by atoms with van der Waals surface area (Å²) in [7, 11) is 0. The van der Waals surface area contributed by atoms with E-state index in [1.165, 1.54) is 19.3 Å². The molecule has 2 rings (SSSR count). The molecular formula is C13H24N2OS. The van der Waals surface area contributed by atoms with E-state index in [4.69, 9.17) is 0 Å². The predicted octanol–water partition coefficient (Wildman–Crippen LogP) is 2.22. The van der Waals surface area contributed by atoms with Crippen LogP contribution in [0.3, 0.4) is 0 Å². The van der Waals surface area contributed by atoms with Gasteiger partial charge >= 0.3 is 0 Å². The van der Waals surface area contributed by atoms with Gasteiger partial charge in [0, 0.05) is 11.3 Å². The minimum atomic E-state index is 0.0632. The molecule has 4 atom stereocenters. The molecular weight excluding hydrogens is 232 g/mol. The lowest BCUT2D eigenvalue weighted by atomic mass is 10.1. The van der Waals surface area contributed by atoms with Crippen molar-refractivity contribution in [2.45, 2.75) is 69.5 Å². The van der Waals surface area contributed by atoms with Gasteiger partial charge in [-0.2, -0.15) is 11.8 Å². The Bertz CT molecular complexity index is 285. The number of carbonyl (C=O) groups excluding carboxylic acids is 1. The Morgan fingerprint density at radius 2 is 2.12 bits per heavy atom. The summed E-state index contributed by atoms with van der Waals surface area (Å²) in [6.45, 7) is 4.25. The number of thioether (sulfide) groups is 1. The van der Waals surface area contributed by atoms with Crippen molar-refractivity contribution in [3.63, 3.8) is 0 Å². The minimum Gasteiger partial charge on any atom is -0.323 e. The highest BCUT2D eigenvalue weighted by Crippen LogP contribution is 2.34. The fraction of sp³-hybridized carbons (Fsp3) is 0.923. The Balaban J connectivity index is 2.05.